The topological polar surface area (TPSA) is 56.3 Å². The van der Waals surface area contributed by atoms with E-state index in [4.69, 9.17) is 5.10 Å². The predicted octanol–water partition coefficient (Wildman–Crippen LogP) is 4.50. The molecule has 0 bridgehead atoms. The van der Waals surface area contributed by atoms with Gasteiger partial charge in [0.15, 0.2) is 11.7 Å². The Labute approximate surface area is 153 Å². The molecule has 4 rings (SSSR count). The van der Waals surface area contributed by atoms with Crippen molar-refractivity contribution in [1.29, 1.82) is 0 Å². The number of hydrogen-bond acceptors (Lipinski definition) is 4. The van der Waals surface area contributed by atoms with Crippen LogP contribution in [0.15, 0.2) is 65.9 Å². The molecule has 132 valence electrons. The van der Waals surface area contributed by atoms with Crippen molar-refractivity contribution in [1.82, 2.24) is 10.2 Å². The van der Waals surface area contributed by atoms with Crippen LogP contribution in [-0.4, -0.2) is 16.0 Å². The van der Waals surface area contributed by atoms with Gasteiger partial charge in [0, 0.05) is 17.8 Å². The van der Waals surface area contributed by atoms with E-state index in [0.29, 0.717) is 0 Å². The number of anilines is 2. The van der Waals surface area contributed by atoms with Gasteiger partial charge in [0.25, 0.3) is 0 Å². The number of rotatable bonds is 2. The van der Waals surface area contributed by atoms with Crippen LogP contribution in [0.5, 0.6) is 0 Å². The zero-order valence-electron chi connectivity index (χ0n) is 15.3. The fourth-order valence-corrected chi connectivity index (χ4v) is 3.09. The average Bonchev–Trinajstić information content (AvgIpc) is 3.14. The van der Waals surface area contributed by atoms with E-state index < -0.39 is 0 Å². The van der Waals surface area contributed by atoms with Crippen LogP contribution in [0.2, 0.25) is 0 Å². The first-order chi connectivity index (χ1) is 12.5. The maximum Gasteiger partial charge on any atom is 0.159 e. The number of fused-ring (bicyclic) bond motifs is 1. The minimum absolute atomic E-state index is 0.142. The van der Waals surface area contributed by atoms with Gasteiger partial charge in [-0.1, -0.05) is 57.2 Å². The molecule has 2 heterocycles. The Hall–Kier alpha value is -3.08. The maximum atomic E-state index is 4.85. The Morgan fingerprint density at radius 3 is 2.46 bits per heavy atom. The summed E-state index contributed by atoms with van der Waals surface area (Å²) < 4.78 is 0. The smallest absolute Gasteiger partial charge is 0.159 e. The van der Waals surface area contributed by atoms with Gasteiger partial charge in [0.1, 0.15) is 0 Å². The molecule has 0 spiro atoms. The monoisotopic (exact) mass is 345 g/mol. The standard InChI is InChI=1S/C21H23N5/c1-21(2,3)16-8-10-17(11-9-16)26-14-15-6-4-5-7-18(15)20(25-26)23-19-12-13-22-24-19/h4-13H,14H2,1-3H3,(H2,22,23,24,25). The van der Waals surface area contributed by atoms with Crippen LogP contribution in [0.3, 0.4) is 0 Å². The minimum atomic E-state index is 0.142. The summed E-state index contributed by atoms with van der Waals surface area (Å²) in [5, 5.41) is 17.2. The molecule has 2 aromatic carbocycles. The second kappa shape index (κ2) is 6.33. The van der Waals surface area contributed by atoms with E-state index in [1.807, 2.05) is 17.1 Å². The molecule has 0 atom stereocenters. The van der Waals surface area contributed by atoms with E-state index >= 15 is 0 Å². The quantitative estimate of drug-likeness (QED) is 0.719. The molecule has 0 saturated carbocycles. The molecule has 5 heteroatoms. The Bertz CT molecular complexity index is 918. The van der Waals surface area contributed by atoms with Gasteiger partial charge in [-0.15, -0.1) is 0 Å². The van der Waals surface area contributed by atoms with Crippen LogP contribution in [0.25, 0.3) is 0 Å². The normalized spacial score (nSPS) is 14.0. The van der Waals surface area contributed by atoms with Gasteiger partial charge in [-0.05, 0) is 28.7 Å². The third-order valence-corrected chi connectivity index (χ3v) is 4.59. The molecule has 2 N–H and O–H groups in total. The molecule has 0 radical (unpaired) electrons. The number of hydrazone groups is 1. The second-order valence-corrected chi connectivity index (χ2v) is 7.54. The minimum Gasteiger partial charge on any atom is -0.322 e. The third-order valence-electron chi connectivity index (χ3n) is 4.59. The number of aromatic nitrogens is 2. The summed E-state index contributed by atoms with van der Waals surface area (Å²) in [6.07, 6.45) is 1.79. The van der Waals surface area contributed by atoms with E-state index in [1.54, 1.807) is 6.20 Å². The molecule has 3 aromatic rings. The summed E-state index contributed by atoms with van der Waals surface area (Å²) in [5.74, 6) is 1.56. The predicted molar refractivity (Wildman–Crippen MR) is 107 cm³/mol. The number of hydrogen-bond donors (Lipinski definition) is 2. The maximum absolute atomic E-state index is 4.85. The number of H-pyrrole nitrogens is 1. The van der Waals surface area contributed by atoms with Crippen LogP contribution >= 0.6 is 0 Å². The molecule has 0 fully saturated rings. The number of aromatic amines is 1. The SMILES string of the molecule is CC(C)(C)c1ccc(N2Cc3ccccc3C(Nc3cc[nH]n3)=N2)cc1. The zero-order valence-corrected chi connectivity index (χ0v) is 15.3. The van der Waals surface area contributed by atoms with E-state index in [-0.39, 0.29) is 5.41 Å². The van der Waals surface area contributed by atoms with Crippen LogP contribution in [-0.2, 0) is 12.0 Å². The van der Waals surface area contributed by atoms with Crippen LogP contribution < -0.4 is 10.3 Å². The third kappa shape index (κ3) is 3.20. The molecule has 26 heavy (non-hydrogen) atoms. The van der Waals surface area contributed by atoms with E-state index in [9.17, 15) is 0 Å². The van der Waals surface area contributed by atoms with Crippen molar-refractivity contribution >= 4 is 17.3 Å². The number of nitrogens with one attached hydrogen (secondary N) is 2. The van der Waals surface area contributed by atoms with Crippen molar-refractivity contribution in [2.45, 2.75) is 32.7 Å². The Balaban J connectivity index is 1.69. The largest absolute Gasteiger partial charge is 0.322 e. The molecule has 5 nitrogen and oxygen atoms in total. The van der Waals surface area contributed by atoms with Crippen molar-refractivity contribution in [3.63, 3.8) is 0 Å². The van der Waals surface area contributed by atoms with Gasteiger partial charge in [0.2, 0.25) is 0 Å². The van der Waals surface area contributed by atoms with E-state index in [2.05, 4.69) is 78.7 Å². The van der Waals surface area contributed by atoms with Crippen molar-refractivity contribution in [2.75, 3.05) is 10.3 Å². The molecule has 1 aliphatic rings. The molecule has 0 aliphatic carbocycles. The van der Waals surface area contributed by atoms with Crippen LogP contribution in [0.1, 0.15) is 37.5 Å². The van der Waals surface area contributed by atoms with Crippen molar-refractivity contribution in [3.8, 4) is 0 Å². The fraction of sp³-hybridized carbons (Fsp3) is 0.238. The first-order valence-electron chi connectivity index (χ1n) is 8.82. The Morgan fingerprint density at radius 2 is 1.77 bits per heavy atom. The first kappa shape index (κ1) is 16.4. The summed E-state index contributed by atoms with van der Waals surface area (Å²) in [6, 6.07) is 18.9. The molecule has 1 aromatic heterocycles. The van der Waals surface area contributed by atoms with Gasteiger partial charge in [-0.25, -0.2) is 0 Å². The summed E-state index contributed by atoms with van der Waals surface area (Å²) in [5.41, 5.74) is 4.88. The van der Waals surface area contributed by atoms with Gasteiger partial charge in [0.05, 0.1) is 12.2 Å². The lowest BCUT2D eigenvalue weighted by Gasteiger charge is -2.28. The van der Waals surface area contributed by atoms with E-state index in [0.717, 1.165) is 29.4 Å². The highest BCUT2D eigenvalue weighted by molar-refractivity contribution is 6.09. The summed E-state index contributed by atoms with van der Waals surface area (Å²) in [6.45, 7) is 7.42. The molecule has 0 saturated heterocycles. The number of amidine groups is 1. The van der Waals surface area contributed by atoms with Crippen molar-refractivity contribution in [3.05, 3.63) is 77.5 Å². The lowest BCUT2D eigenvalue weighted by molar-refractivity contribution is 0.590. The lowest BCUT2D eigenvalue weighted by Crippen LogP contribution is -2.29. The molecule has 1 aliphatic heterocycles. The lowest BCUT2D eigenvalue weighted by atomic mass is 9.87. The highest BCUT2D eigenvalue weighted by atomic mass is 15.5. The van der Waals surface area contributed by atoms with Gasteiger partial charge in [-0.3, -0.25) is 10.1 Å². The Kier molecular flexibility index (Phi) is 3.99. The van der Waals surface area contributed by atoms with Gasteiger partial charge in [-0.2, -0.15) is 10.2 Å². The van der Waals surface area contributed by atoms with E-state index in [1.165, 1.54) is 11.1 Å². The Morgan fingerprint density at radius 1 is 1.00 bits per heavy atom. The molecular weight excluding hydrogens is 322 g/mol. The second-order valence-electron chi connectivity index (χ2n) is 7.54. The number of nitrogens with zero attached hydrogens (tertiary/aromatic N) is 3. The highest BCUT2D eigenvalue weighted by Gasteiger charge is 2.21. The molecular formula is C21H23N5. The number of benzene rings is 2. The van der Waals surface area contributed by atoms with Crippen LogP contribution in [0.4, 0.5) is 11.5 Å². The average molecular weight is 345 g/mol. The first-order valence-corrected chi connectivity index (χ1v) is 8.82. The van der Waals surface area contributed by atoms with Crippen LogP contribution in [0, 0.1) is 0 Å². The van der Waals surface area contributed by atoms with Crippen molar-refractivity contribution < 1.29 is 0 Å². The molecule has 0 amide bonds. The highest BCUT2D eigenvalue weighted by Crippen LogP contribution is 2.28. The summed E-state index contributed by atoms with van der Waals surface area (Å²) >= 11 is 0. The van der Waals surface area contributed by atoms with Crippen molar-refractivity contribution in [2.24, 2.45) is 5.10 Å². The zero-order chi connectivity index (χ0) is 18.1. The fourth-order valence-electron chi connectivity index (χ4n) is 3.09. The summed E-state index contributed by atoms with van der Waals surface area (Å²) in [7, 11) is 0. The van der Waals surface area contributed by atoms with Gasteiger partial charge >= 0.3 is 0 Å². The molecule has 0 unspecified atom stereocenters. The summed E-state index contributed by atoms with van der Waals surface area (Å²) in [4.78, 5) is 0. The van der Waals surface area contributed by atoms with Gasteiger partial charge < -0.3 is 5.32 Å².